The maximum absolute atomic E-state index is 9.04. The van der Waals surface area contributed by atoms with Crippen molar-refractivity contribution in [3.8, 4) is 11.8 Å². The molecule has 2 aromatic rings. The summed E-state index contributed by atoms with van der Waals surface area (Å²) in [5, 5.41) is 9.67. The molecule has 0 aliphatic carbocycles. The molecule has 0 spiro atoms. The lowest BCUT2D eigenvalue weighted by Crippen LogP contribution is -1.83. The summed E-state index contributed by atoms with van der Waals surface area (Å²) in [6.45, 7) is 0. The number of ether oxygens (including phenoxy) is 1. The van der Waals surface area contributed by atoms with Gasteiger partial charge in [-0.15, -0.1) is 0 Å². The van der Waals surface area contributed by atoms with E-state index in [4.69, 9.17) is 21.6 Å². The van der Waals surface area contributed by atoms with Crippen molar-refractivity contribution in [2.24, 2.45) is 0 Å². The Balaban J connectivity index is 2.27. The number of halogens is 1. The zero-order valence-corrected chi connectivity index (χ0v) is 11.3. The van der Waals surface area contributed by atoms with Gasteiger partial charge >= 0.3 is 0 Å². The van der Waals surface area contributed by atoms with E-state index in [0.717, 1.165) is 15.5 Å². The van der Waals surface area contributed by atoms with E-state index in [9.17, 15) is 0 Å². The molecule has 0 aromatic heterocycles. The summed E-state index contributed by atoms with van der Waals surface area (Å²) in [6, 6.07) is 15.1. The van der Waals surface area contributed by atoms with Gasteiger partial charge < -0.3 is 4.74 Å². The molecule has 0 saturated carbocycles. The Kier molecular flexibility index (Phi) is 4.14. The summed E-state index contributed by atoms with van der Waals surface area (Å²) in [4.78, 5) is 1.89. The lowest BCUT2D eigenvalue weighted by atomic mass is 10.2. The first-order chi connectivity index (χ1) is 8.72. The third-order valence-corrected chi connectivity index (χ3v) is 3.65. The maximum Gasteiger partial charge on any atom is 0.118 e. The van der Waals surface area contributed by atoms with Crippen molar-refractivity contribution in [3.05, 3.63) is 53.1 Å². The van der Waals surface area contributed by atoms with Gasteiger partial charge in [0, 0.05) is 14.8 Å². The summed E-state index contributed by atoms with van der Waals surface area (Å²) in [5.74, 6) is 0.811. The van der Waals surface area contributed by atoms with E-state index in [1.165, 1.54) is 11.8 Å². The summed E-state index contributed by atoms with van der Waals surface area (Å²) >= 11 is 7.45. The maximum atomic E-state index is 9.04. The molecule has 0 saturated heterocycles. The lowest BCUT2D eigenvalue weighted by Gasteiger charge is -2.05. The van der Waals surface area contributed by atoms with Crippen LogP contribution in [-0.4, -0.2) is 7.11 Å². The van der Waals surface area contributed by atoms with Gasteiger partial charge in [-0.2, -0.15) is 5.26 Å². The minimum Gasteiger partial charge on any atom is -0.497 e. The molecule has 0 fully saturated rings. The molecule has 2 rings (SSSR count). The van der Waals surface area contributed by atoms with Crippen LogP contribution in [0, 0.1) is 11.3 Å². The minimum atomic E-state index is 0.625. The second-order valence-electron chi connectivity index (χ2n) is 3.53. The highest BCUT2D eigenvalue weighted by molar-refractivity contribution is 7.99. The van der Waals surface area contributed by atoms with Crippen LogP contribution in [0.15, 0.2) is 52.3 Å². The standard InChI is InChI=1S/C14H10ClNOS/c1-17-12-4-6-13(7-5-12)18-14-8-11(15)3-2-10(14)9-16/h2-8H,1H3. The Bertz CT molecular complexity index is 590. The van der Waals surface area contributed by atoms with Crippen LogP contribution in [-0.2, 0) is 0 Å². The van der Waals surface area contributed by atoms with Crippen LogP contribution >= 0.6 is 23.4 Å². The van der Waals surface area contributed by atoms with Crippen LogP contribution in [0.25, 0.3) is 0 Å². The molecule has 0 bridgehead atoms. The molecule has 18 heavy (non-hydrogen) atoms. The predicted octanol–water partition coefficient (Wildman–Crippen LogP) is 4.37. The van der Waals surface area contributed by atoms with Gasteiger partial charge in [-0.25, -0.2) is 0 Å². The van der Waals surface area contributed by atoms with Crippen molar-refractivity contribution in [1.82, 2.24) is 0 Å². The number of hydrogen-bond acceptors (Lipinski definition) is 3. The second-order valence-corrected chi connectivity index (χ2v) is 5.08. The first kappa shape index (κ1) is 12.8. The monoisotopic (exact) mass is 275 g/mol. The highest BCUT2D eigenvalue weighted by Crippen LogP contribution is 2.32. The Morgan fingerprint density at radius 1 is 1.17 bits per heavy atom. The molecule has 0 unspecified atom stereocenters. The SMILES string of the molecule is COc1ccc(Sc2cc(Cl)ccc2C#N)cc1. The molecule has 0 aliphatic rings. The zero-order chi connectivity index (χ0) is 13.0. The predicted molar refractivity (Wildman–Crippen MR) is 73.3 cm³/mol. The van der Waals surface area contributed by atoms with E-state index in [1.807, 2.05) is 24.3 Å². The Morgan fingerprint density at radius 3 is 2.50 bits per heavy atom. The molecule has 0 N–H and O–H groups in total. The third kappa shape index (κ3) is 2.98. The fraction of sp³-hybridized carbons (Fsp3) is 0.0714. The number of hydrogen-bond donors (Lipinski definition) is 0. The van der Waals surface area contributed by atoms with Crippen molar-refractivity contribution in [2.75, 3.05) is 7.11 Å². The first-order valence-electron chi connectivity index (χ1n) is 5.24. The molecule has 2 aromatic carbocycles. The van der Waals surface area contributed by atoms with Crippen LogP contribution < -0.4 is 4.74 Å². The van der Waals surface area contributed by atoms with Gasteiger partial charge in [0.2, 0.25) is 0 Å². The Morgan fingerprint density at radius 2 is 1.89 bits per heavy atom. The van der Waals surface area contributed by atoms with Crippen LogP contribution in [0.3, 0.4) is 0 Å². The van der Waals surface area contributed by atoms with Crippen molar-refractivity contribution in [2.45, 2.75) is 9.79 Å². The van der Waals surface area contributed by atoms with E-state index in [2.05, 4.69) is 6.07 Å². The van der Waals surface area contributed by atoms with Crippen molar-refractivity contribution < 1.29 is 4.74 Å². The molecule has 4 heteroatoms. The van der Waals surface area contributed by atoms with Gasteiger partial charge in [0.1, 0.15) is 11.8 Å². The summed E-state index contributed by atoms with van der Waals surface area (Å²) in [5.41, 5.74) is 0.625. The summed E-state index contributed by atoms with van der Waals surface area (Å²) < 4.78 is 5.10. The van der Waals surface area contributed by atoms with E-state index < -0.39 is 0 Å². The largest absolute Gasteiger partial charge is 0.497 e. The summed E-state index contributed by atoms with van der Waals surface area (Å²) in [7, 11) is 1.63. The molecule has 90 valence electrons. The van der Waals surface area contributed by atoms with E-state index in [-0.39, 0.29) is 0 Å². The Labute approximate surface area is 115 Å². The number of rotatable bonds is 3. The molecular weight excluding hydrogens is 266 g/mol. The van der Waals surface area contributed by atoms with Gasteiger partial charge in [-0.1, -0.05) is 23.4 Å². The van der Waals surface area contributed by atoms with E-state index in [1.54, 1.807) is 25.3 Å². The highest BCUT2D eigenvalue weighted by Gasteiger charge is 2.05. The Hall–Kier alpha value is -1.63. The van der Waals surface area contributed by atoms with Gasteiger partial charge in [-0.05, 0) is 42.5 Å². The number of nitriles is 1. The van der Waals surface area contributed by atoms with E-state index in [0.29, 0.717) is 10.6 Å². The van der Waals surface area contributed by atoms with Crippen LogP contribution in [0.2, 0.25) is 5.02 Å². The summed E-state index contributed by atoms with van der Waals surface area (Å²) in [6.07, 6.45) is 0. The molecule has 2 nitrogen and oxygen atoms in total. The molecule has 0 atom stereocenters. The van der Waals surface area contributed by atoms with Crippen molar-refractivity contribution in [1.29, 1.82) is 5.26 Å². The van der Waals surface area contributed by atoms with Gasteiger partial charge in [0.05, 0.1) is 12.7 Å². The van der Waals surface area contributed by atoms with Crippen LogP contribution in [0.1, 0.15) is 5.56 Å². The van der Waals surface area contributed by atoms with Gasteiger partial charge in [-0.3, -0.25) is 0 Å². The molecule has 0 heterocycles. The van der Waals surface area contributed by atoms with Crippen molar-refractivity contribution in [3.63, 3.8) is 0 Å². The third-order valence-electron chi connectivity index (χ3n) is 2.35. The number of benzene rings is 2. The first-order valence-corrected chi connectivity index (χ1v) is 6.44. The average molecular weight is 276 g/mol. The zero-order valence-electron chi connectivity index (χ0n) is 9.68. The lowest BCUT2D eigenvalue weighted by molar-refractivity contribution is 0.414. The number of nitrogens with zero attached hydrogens (tertiary/aromatic N) is 1. The quantitative estimate of drug-likeness (QED) is 0.834. The fourth-order valence-corrected chi connectivity index (χ4v) is 2.62. The minimum absolute atomic E-state index is 0.625. The van der Waals surface area contributed by atoms with Crippen molar-refractivity contribution >= 4 is 23.4 Å². The van der Waals surface area contributed by atoms with Gasteiger partial charge in [0.15, 0.2) is 0 Å². The molecule has 0 aliphatic heterocycles. The topological polar surface area (TPSA) is 33.0 Å². The molecular formula is C14H10ClNOS. The molecule has 0 radical (unpaired) electrons. The normalized spacial score (nSPS) is 9.83. The van der Waals surface area contributed by atoms with Crippen LogP contribution in [0.5, 0.6) is 5.75 Å². The van der Waals surface area contributed by atoms with Gasteiger partial charge in [0.25, 0.3) is 0 Å². The smallest absolute Gasteiger partial charge is 0.118 e. The van der Waals surface area contributed by atoms with E-state index >= 15 is 0 Å². The highest BCUT2D eigenvalue weighted by atomic mass is 35.5. The van der Waals surface area contributed by atoms with Crippen LogP contribution in [0.4, 0.5) is 0 Å². The fourth-order valence-electron chi connectivity index (χ4n) is 1.44. The average Bonchev–Trinajstić information content (AvgIpc) is 2.40. The molecule has 0 amide bonds. The second kappa shape index (κ2) is 5.81. The number of methoxy groups -OCH3 is 1.